The standard InChI is InChI=1S/C13H16ClFN2.ClH/c14-12-2-1-9(13(15)3-12)6-17-7-10-4-16-5-11(10)8-17;/h1-3,10-11,16H,4-8H2;1H/t10-,11+;. The highest BCUT2D eigenvalue weighted by Crippen LogP contribution is 2.28. The van der Waals surface area contributed by atoms with Crippen LogP contribution in [-0.4, -0.2) is 31.1 Å². The highest BCUT2D eigenvalue weighted by Gasteiger charge is 2.35. The summed E-state index contributed by atoms with van der Waals surface area (Å²) >= 11 is 5.75. The molecule has 3 rings (SSSR count). The van der Waals surface area contributed by atoms with Gasteiger partial charge in [-0.15, -0.1) is 12.4 Å². The van der Waals surface area contributed by atoms with Crippen molar-refractivity contribution in [2.24, 2.45) is 11.8 Å². The summed E-state index contributed by atoms with van der Waals surface area (Å²) in [5, 5.41) is 3.88. The van der Waals surface area contributed by atoms with E-state index >= 15 is 0 Å². The van der Waals surface area contributed by atoms with Gasteiger partial charge in [0.1, 0.15) is 5.82 Å². The Bertz CT molecular complexity index is 415. The number of nitrogens with one attached hydrogen (secondary N) is 1. The smallest absolute Gasteiger partial charge is 0.129 e. The number of rotatable bonds is 2. The quantitative estimate of drug-likeness (QED) is 0.901. The van der Waals surface area contributed by atoms with Crippen molar-refractivity contribution in [3.63, 3.8) is 0 Å². The molecule has 0 aliphatic carbocycles. The molecule has 0 unspecified atom stereocenters. The molecular weight excluding hydrogens is 274 g/mol. The first-order valence-corrected chi connectivity index (χ1v) is 6.47. The van der Waals surface area contributed by atoms with E-state index in [1.165, 1.54) is 6.07 Å². The molecule has 100 valence electrons. The molecule has 2 aliphatic heterocycles. The molecular formula is C13H17Cl2FN2. The maximum absolute atomic E-state index is 13.7. The van der Waals surface area contributed by atoms with Crippen molar-refractivity contribution < 1.29 is 4.39 Å². The first kappa shape index (κ1) is 14.1. The minimum absolute atomic E-state index is 0. The molecule has 2 nitrogen and oxygen atoms in total. The van der Waals surface area contributed by atoms with Crippen LogP contribution in [0.4, 0.5) is 4.39 Å². The maximum Gasteiger partial charge on any atom is 0.129 e. The lowest BCUT2D eigenvalue weighted by Crippen LogP contribution is -2.25. The van der Waals surface area contributed by atoms with Crippen molar-refractivity contribution in [1.29, 1.82) is 0 Å². The molecule has 2 atom stereocenters. The van der Waals surface area contributed by atoms with Gasteiger partial charge in [-0.05, 0) is 37.1 Å². The molecule has 5 heteroatoms. The van der Waals surface area contributed by atoms with Gasteiger partial charge < -0.3 is 5.32 Å². The molecule has 0 saturated carbocycles. The summed E-state index contributed by atoms with van der Waals surface area (Å²) in [5.41, 5.74) is 0.752. The highest BCUT2D eigenvalue weighted by molar-refractivity contribution is 6.30. The number of nitrogens with zero attached hydrogens (tertiary/aromatic N) is 1. The molecule has 18 heavy (non-hydrogen) atoms. The van der Waals surface area contributed by atoms with Crippen molar-refractivity contribution in [2.75, 3.05) is 26.2 Å². The second-order valence-corrected chi connectivity index (χ2v) is 5.54. The molecule has 1 aromatic rings. The van der Waals surface area contributed by atoms with Crippen LogP contribution in [0.3, 0.4) is 0 Å². The maximum atomic E-state index is 13.7. The molecule has 0 aromatic heterocycles. The Kier molecular flexibility index (Phi) is 4.49. The van der Waals surface area contributed by atoms with Crippen LogP contribution in [0.25, 0.3) is 0 Å². The zero-order valence-electron chi connectivity index (χ0n) is 10.0. The molecule has 1 N–H and O–H groups in total. The Morgan fingerprint density at radius 2 is 1.94 bits per heavy atom. The summed E-state index contributed by atoms with van der Waals surface area (Å²) in [6, 6.07) is 4.96. The van der Waals surface area contributed by atoms with Crippen molar-refractivity contribution in [3.8, 4) is 0 Å². The number of hydrogen-bond acceptors (Lipinski definition) is 2. The molecule has 0 bridgehead atoms. The van der Waals surface area contributed by atoms with Crippen molar-refractivity contribution >= 4 is 24.0 Å². The predicted octanol–water partition coefficient (Wildman–Crippen LogP) is 2.55. The highest BCUT2D eigenvalue weighted by atomic mass is 35.5. The van der Waals surface area contributed by atoms with Crippen molar-refractivity contribution in [1.82, 2.24) is 10.2 Å². The van der Waals surface area contributed by atoms with E-state index in [2.05, 4.69) is 10.2 Å². The van der Waals surface area contributed by atoms with Gasteiger partial charge in [0.15, 0.2) is 0 Å². The normalized spacial score (nSPS) is 27.0. The van der Waals surface area contributed by atoms with Gasteiger partial charge in [0.25, 0.3) is 0 Å². The third-order valence-electron chi connectivity index (χ3n) is 3.87. The van der Waals surface area contributed by atoms with Gasteiger partial charge in [-0.3, -0.25) is 4.90 Å². The average Bonchev–Trinajstić information content (AvgIpc) is 2.82. The van der Waals surface area contributed by atoms with Crippen LogP contribution in [0.5, 0.6) is 0 Å². The van der Waals surface area contributed by atoms with Gasteiger partial charge in [0, 0.05) is 30.2 Å². The summed E-state index contributed by atoms with van der Waals surface area (Å²) in [5.74, 6) is 1.32. The van der Waals surface area contributed by atoms with Gasteiger partial charge in [0.2, 0.25) is 0 Å². The number of fused-ring (bicyclic) bond motifs is 1. The number of benzene rings is 1. The fourth-order valence-electron chi connectivity index (χ4n) is 2.97. The molecule has 0 radical (unpaired) electrons. The van der Waals surface area contributed by atoms with Crippen LogP contribution in [0, 0.1) is 17.7 Å². The molecule has 1 aromatic carbocycles. The van der Waals surface area contributed by atoms with Crippen LogP contribution >= 0.6 is 24.0 Å². The zero-order valence-corrected chi connectivity index (χ0v) is 11.6. The molecule has 2 heterocycles. The fourth-order valence-corrected chi connectivity index (χ4v) is 3.13. The van der Waals surface area contributed by atoms with E-state index in [1.54, 1.807) is 12.1 Å². The van der Waals surface area contributed by atoms with Gasteiger partial charge in [-0.1, -0.05) is 17.7 Å². The molecule has 2 fully saturated rings. The average molecular weight is 291 g/mol. The molecule has 0 amide bonds. The summed E-state index contributed by atoms with van der Waals surface area (Å²) < 4.78 is 13.7. The first-order chi connectivity index (χ1) is 8.22. The van der Waals surface area contributed by atoms with E-state index in [1.807, 2.05) is 0 Å². The zero-order chi connectivity index (χ0) is 11.8. The van der Waals surface area contributed by atoms with E-state index < -0.39 is 0 Å². The second-order valence-electron chi connectivity index (χ2n) is 5.11. The van der Waals surface area contributed by atoms with Gasteiger partial charge in [0.05, 0.1) is 0 Å². The van der Waals surface area contributed by atoms with Gasteiger partial charge >= 0.3 is 0 Å². The predicted molar refractivity (Wildman–Crippen MR) is 73.8 cm³/mol. The largest absolute Gasteiger partial charge is 0.316 e. The SMILES string of the molecule is Cl.Fc1cc(Cl)ccc1CN1C[C@H]2CNC[C@H]2C1. The van der Waals surface area contributed by atoms with Crippen molar-refractivity contribution in [3.05, 3.63) is 34.6 Å². The Hall–Kier alpha value is -0.350. The summed E-state index contributed by atoms with van der Waals surface area (Å²) in [6.45, 7) is 5.10. The molecule has 2 saturated heterocycles. The van der Waals surface area contributed by atoms with Crippen LogP contribution in [0.2, 0.25) is 5.02 Å². The Morgan fingerprint density at radius 1 is 1.28 bits per heavy atom. The minimum atomic E-state index is -0.187. The number of hydrogen-bond donors (Lipinski definition) is 1. The lowest BCUT2D eigenvalue weighted by atomic mass is 10.0. The summed E-state index contributed by atoms with van der Waals surface area (Å²) in [7, 11) is 0. The van der Waals surface area contributed by atoms with E-state index in [0.717, 1.165) is 43.6 Å². The lowest BCUT2D eigenvalue weighted by molar-refractivity contribution is 0.301. The lowest BCUT2D eigenvalue weighted by Gasteiger charge is -2.17. The molecule has 0 spiro atoms. The Morgan fingerprint density at radius 3 is 2.56 bits per heavy atom. The summed E-state index contributed by atoms with van der Waals surface area (Å²) in [4.78, 5) is 2.35. The van der Waals surface area contributed by atoms with E-state index in [0.29, 0.717) is 11.6 Å². The van der Waals surface area contributed by atoms with E-state index in [9.17, 15) is 4.39 Å². The third kappa shape index (κ3) is 2.80. The Labute approximate surface area is 118 Å². The number of likely N-dealkylation sites (tertiary alicyclic amines) is 1. The monoisotopic (exact) mass is 290 g/mol. The second kappa shape index (κ2) is 5.74. The Balaban J connectivity index is 0.00000120. The van der Waals surface area contributed by atoms with Crippen LogP contribution in [0.1, 0.15) is 5.56 Å². The minimum Gasteiger partial charge on any atom is -0.316 e. The van der Waals surface area contributed by atoms with Crippen LogP contribution < -0.4 is 5.32 Å². The van der Waals surface area contributed by atoms with E-state index in [4.69, 9.17) is 11.6 Å². The van der Waals surface area contributed by atoms with Gasteiger partial charge in [-0.2, -0.15) is 0 Å². The van der Waals surface area contributed by atoms with E-state index in [-0.39, 0.29) is 18.2 Å². The van der Waals surface area contributed by atoms with Gasteiger partial charge in [-0.25, -0.2) is 4.39 Å². The first-order valence-electron chi connectivity index (χ1n) is 6.09. The number of halogens is 3. The fraction of sp³-hybridized carbons (Fsp3) is 0.538. The third-order valence-corrected chi connectivity index (χ3v) is 4.11. The summed E-state index contributed by atoms with van der Waals surface area (Å²) in [6.07, 6.45) is 0. The van der Waals surface area contributed by atoms with Crippen molar-refractivity contribution in [2.45, 2.75) is 6.54 Å². The molecule has 2 aliphatic rings. The topological polar surface area (TPSA) is 15.3 Å². The van der Waals surface area contributed by atoms with Crippen LogP contribution in [-0.2, 0) is 6.54 Å². The van der Waals surface area contributed by atoms with Crippen LogP contribution in [0.15, 0.2) is 18.2 Å².